The summed E-state index contributed by atoms with van der Waals surface area (Å²) in [6, 6.07) is 0. The number of nitrogens with two attached hydrogens (primary N) is 1. The summed E-state index contributed by atoms with van der Waals surface area (Å²) in [5, 5.41) is 2.98. The van der Waals surface area contributed by atoms with Gasteiger partial charge in [-0.1, -0.05) is 6.92 Å². The lowest BCUT2D eigenvalue weighted by Gasteiger charge is -2.37. The molecule has 0 amide bonds. The molecular weight excluding hydrogens is 240 g/mol. The monoisotopic (exact) mass is 262 g/mol. The number of hydrogen-bond acceptors (Lipinski definition) is 3. The van der Waals surface area contributed by atoms with Gasteiger partial charge < -0.3 is 11.1 Å². The van der Waals surface area contributed by atoms with Crippen molar-refractivity contribution in [2.75, 3.05) is 31.9 Å². The first-order chi connectivity index (χ1) is 7.99. The van der Waals surface area contributed by atoms with Crippen molar-refractivity contribution >= 4 is 16.0 Å². The molecule has 1 rings (SSSR count). The minimum atomic E-state index is -3.01. The maximum atomic E-state index is 11.5. The van der Waals surface area contributed by atoms with E-state index >= 15 is 0 Å². The van der Waals surface area contributed by atoms with Gasteiger partial charge in [0.25, 0.3) is 0 Å². The molecule has 6 nitrogen and oxygen atoms in total. The van der Waals surface area contributed by atoms with Gasteiger partial charge in [0.2, 0.25) is 10.0 Å². The summed E-state index contributed by atoms with van der Waals surface area (Å²) >= 11 is 0. The average Bonchev–Trinajstić information content (AvgIpc) is 2.23. The van der Waals surface area contributed by atoms with Gasteiger partial charge in [0.1, 0.15) is 0 Å². The molecule has 0 aliphatic carbocycles. The fourth-order valence-electron chi connectivity index (χ4n) is 1.58. The van der Waals surface area contributed by atoms with Gasteiger partial charge >= 0.3 is 0 Å². The molecule has 0 radical (unpaired) electrons. The van der Waals surface area contributed by atoms with Crippen LogP contribution in [0.1, 0.15) is 20.3 Å². The average molecular weight is 262 g/mol. The Hall–Kier alpha value is -0.820. The van der Waals surface area contributed by atoms with Crippen molar-refractivity contribution in [1.82, 2.24) is 9.62 Å². The largest absolute Gasteiger partial charge is 0.370 e. The Kier molecular flexibility index (Phi) is 5.20. The molecule has 0 saturated carbocycles. The maximum absolute atomic E-state index is 11.5. The predicted molar refractivity (Wildman–Crippen MR) is 69.3 cm³/mol. The SMILES string of the molecule is CCCNC(N)=NCC1CN(S(=O)(=O)CC)C1. The highest BCUT2D eigenvalue weighted by molar-refractivity contribution is 7.89. The first-order valence-electron chi connectivity index (χ1n) is 6.01. The fourth-order valence-corrected chi connectivity index (χ4v) is 2.83. The Balaban J connectivity index is 2.26. The Morgan fingerprint density at radius 1 is 1.47 bits per heavy atom. The van der Waals surface area contributed by atoms with E-state index in [-0.39, 0.29) is 5.75 Å². The van der Waals surface area contributed by atoms with Crippen molar-refractivity contribution in [2.24, 2.45) is 16.6 Å². The van der Waals surface area contributed by atoms with E-state index in [1.807, 2.05) is 0 Å². The van der Waals surface area contributed by atoms with Crippen molar-refractivity contribution < 1.29 is 8.42 Å². The number of nitrogens with one attached hydrogen (secondary N) is 1. The van der Waals surface area contributed by atoms with Crippen LogP contribution in [0.15, 0.2) is 4.99 Å². The standard InChI is InChI=1S/C10H22N4O2S/c1-3-5-12-10(11)13-6-9-7-14(8-9)17(15,16)4-2/h9H,3-8H2,1-2H3,(H3,11,12,13). The second-order valence-corrected chi connectivity index (χ2v) is 6.49. The maximum Gasteiger partial charge on any atom is 0.213 e. The van der Waals surface area contributed by atoms with Crippen LogP contribution in [0, 0.1) is 5.92 Å². The van der Waals surface area contributed by atoms with Crippen LogP contribution in [0.5, 0.6) is 0 Å². The van der Waals surface area contributed by atoms with Crippen LogP contribution in [0.2, 0.25) is 0 Å². The summed E-state index contributed by atoms with van der Waals surface area (Å²) in [7, 11) is -3.01. The van der Waals surface area contributed by atoms with Gasteiger partial charge in [-0.3, -0.25) is 4.99 Å². The lowest BCUT2D eigenvalue weighted by molar-refractivity contribution is 0.208. The third-order valence-electron chi connectivity index (χ3n) is 2.76. The molecule has 3 N–H and O–H groups in total. The van der Waals surface area contributed by atoms with Crippen molar-refractivity contribution in [3.63, 3.8) is 0 Å². The highest BCUT2D eigenvalue weighted by Crippen LogP contribution is 2.19. The first kappa shape index (κ1) is 14.2. The van der Waals surface area contributed by atoms with Gasteiger partial charge in [0, 0.05) is 32.1 Å². The minimum absolute atomic E-state index is 0.170. The molecule has 1 aliphatic heterocycles. The third kappa shape index (κ3) is 4.16. The van der Waals surface area contributed by atoms with Crippen LogP contribution in [0.25, 0.3) is 0 Å². The summed E-state index contributed by atoms with van der Waals surface area (Å²) in [6.45, 7) is 6.27. The normalized spacial score (nSPS) is 19.1. The van der Waals surface area contributed by atoms with Crippen LogP contribution < -0.4 is 11.1 Å². The molecule has 1 aliphatic rings. The van der Waals surface area contributed by atoms with E-state index in [1.165, 1.54) is 4.31 Å². The first-order valence-corrected chi connectivity index (χ1v) is 7.62. The van der Waals surface area contributed by atoms with Gasteiger partial charge in [-0.15, -0.1) is 0 Å². The number of hydrogen-bond donors (Lipinski definition) is 2. The summed E-state index contributed by atoms with van der Waals surface area (Å²) < 4.78 is 24.4. The molecule has 1 heterocycles. The highest BCUT2D eigenvalue weighted by atomic mass is 32.2. The smallest absolute Gasteiger partial charge is 0.213 e. The molecule has 7 heteroatoms. The zero-order chi connectivity index (χ0) is 12.9. The zero-order valence-corrected chi connectivity index (χ0v) is 11.3. The number of nitrogens with zero attached hydrogens (tertiary/aromatic N) is 2. The van der Waals surface area contributed by atoms with Crippen LogP contribution in [0.4, 0.5) is 0 Å². The Labute approximate surface area is 103 Å². The topological polar surface area (TPSA) is 87.8 Å². The molecule has 0 aromatic carbocycles. The van der Waals surface area contributed by atoms with Crippen LogP contribution in [-0.4, -0.2) is 50.6 Å². The third-order valence-corrected chi connectivity index (χ3v) is 4.57. The summed E-state index contributed by atoms with van der Waals surface area (Å²) in [4.78, 5) is 4.19. The molecule has 0 atom stereocenters. The molecule has 0 unspecified atom stereocenters. The number of sulfonamides is 1. The van der Waals surface area contributed by atoms with E-state index < -0.39 is 10.0 Å². The molecule has 0 spiro atoms. The van der Waals surface area contributed by atoms with Gasteiger partial charge in [-0.2, -0.15) is 0 Å². The molecular formula is C10H22N4O2S. The van der Waals surface area contributed by atoms with E-state index in [2.05, 4.69) is 17.2 Å². The van der Waals surface area contributed by atoms with E-state index in [1.54, 1.807) is 6.92 Å². The van der Waals surface area contributed by atoms with Gasteiger partial charge in [-0.05, 0) is 13.3 Å². The van der Waals surface area contributed by atoms with E-state index in [9.17, 15) is 8.42 Å². The predicted octanol–water partition coefficient (Wildman–Crippen LogP) is -0.418. The fraction of sp³-hybridized carbons (Fsp3) is 0.900. The quantitative estimate of drug-likeness (QED) is 0.503. The molecule has 17 heavy (non-hydrogen) atoms. The molecule has 0 aromatic heterocycles. The molecule has 1 fully saturated rings. The number of aliphatic imine (C=N–C) groups is 1. The number of rotatable bonds is 6. The Morgan fingerprint density at radius 2 is 2.12 bits per heavy atom. The summed E-state index contributed by atoms with van der Waals surface area (Å²) in [6.07, 6.45) is 1.00. The lowest BCUT2D eigenvalue weighted by atomic mass is 10.0. The molecule has 1 saturated heterocycles. The van der Waals surface area contributed by atoms with Crippen LogP contribution in [0.3, 0.4) is 0 Å². The molecule has 0 bridgehead atoms. The zero-order valence-electron chi connectivity index (χ0n) is 10.5. The Morgan fingerprint density at radius 3 is 2.65 bits per heavy atom. The van der Waals surface area contributed by atoms with Gasteiger partial charge in [0.05, 0.1) is 5.75 Å². The van der Waals surface area contributed by atoms with Crippen molar-refractivity contribution in [3.05, 3.63) is 0 Å². The van der Waals surface area contributed by atoms with Crippen LogP contribution in [-0.2, 0) is 10.0 Å². The lowest BCUT2D eigenvalue weighted by Crippen LogP contribution is -2.51. The van der Waals surface area contributed by atoms with Crippen LogP contribution >= 0.6 is 0 Å². The Bertz CT molecular complexity index is 361. The molecule has 100 valence electrons. The summed E-state index contributed by atoms with van der Waals surface area (Å²) in [5.41, 5.74) is 5.64. The van der Waals surface area contributed by atoms with Crippen molar-refractivity contribution in [1.29, 1.82) is 0 Å². The van der Waals surface area contributed by atoms with E-state index in [0.717, 1.165) is 13.0 Å². The van der Waals surface area contributed by atoms with Crippen molar-refractivity contribution in [2.45, 2.75) is 20.3 Å². The summed E-state index contributed by atoms with van der Waals surface area (Å²) in [5.74, 6) is 0.922. The molecule has 0 aromatic rings. The highest BCUT2D eigenvalue weighted by Gasteiger charge is 2.34. The van der Waals surface area contributed by atoms with Gasteiger partial charge in [-0.25, -0.2) is 12.7 Å². The minimum Gasteiger partial charge on any atom is -0.370 e. The van der Waals surface area contributed by atoms with E-state index in [0.29, 0.717) is 31.5 Å². The number of guanidine groups is 1. The second-order valence-electron chi connectivity index (χ2n) is 4.24. The van der Waals surface area contributed by atoms with Crippen molar-refractivity contribution in [3.8, 4) is 0 Å². The van der Waals surface area contributed by atoms with E-state index in [4.69, 9.17) is 5.73 Å². The van der Waals surface area contributed by atoms with Gasteiger partial charge in [0.15, 0.2) is 5.96 Å². The second kappa shape index (κ2) is 6.20.